The van der Waals surface area contributed by atoms with Crippen molar-refractivity contribution in [2.45, 2.75) is 26.8 Å². The molecule has 1 aromatic carbocycles. The summed E-state index contributed by atoms with van der Waals surface area (Å²) in [6, 6.07) is 8.97. The number of rotatable bonds is 4. The molecule has 0 aliphatic heterocycles. The van der Waals surface area contributed by atoms with Crippen molar-refractivity contribution in [3.63, 3.8) is 0 Å². The molecule has 0 fully saturated rings. The lowest BCUT2D eigenvalue weighted by molar-refractivity contribution is -0.118. The maximum atomic E-state index is 12.1. The second-order valence-electron chi connectivity index (χ2n) is 4.29. The molecule has 0 radical (unpaired) electrons. The average molecular weight is 270 g/mol. The maximum Gasteiger partial charge on any atom is 0.227 e. The van der Waals surface area contributed by atoms with E-state index in [1.807, 2.05) is 0 Å². The van der Waals surface area contributed by atoms with E-state index in [2.05, 4.69) is 21.0 Å². The first kappa shape index (κ1) is 13.7. The van der Waals surface area contributed by atoms with Gasteiger partial charge in [-0.15, -0.1) is 0 Å². The van der Waals surface area contributed by atoms with Crippen LogP contribution in [0.3, 0.4) is 0 Å². The van der Waals surface area contributed by atoms with E-state index in [4.69, 9.17) is 5.26 Å². The van der Waals surface area contributed by atoms with E-state index in [0.717, 1.165) is 0 Å². The Morgan fingerprint density at radius 2 is 2.25 bits per heavy atom. The Bertz CT molecular complexity index is 657. The van der Waals surface area contributed by atoms with Gasteiger partial charge >= 0.3 is 0 Å². The predicted molar refractivity (Wildman–Crippen MR) is 71.7 cm³/mol. The molecule has 0 atom stereocenters. The fourth-order valence-electron chi connectivity index (χ4n) is 1.80. The van der Waals surface area contributed by atoms with Gasteiger partial charge < -0.3 is 4.90 Å². The molecule has 20 heavy (non-hydrogen) atoms. The summed E-state index contributed by atoms with van der Waals surface area (Å²) in [4.78, 5) is 13.7. The zero-order chi connectivity index (χ0) is 14.5. The number of amides is 1. The van der Waals surface area contributed by atoms with Crippen molar-refractivity contribution in [3.8, 4) is 6.07 Å². The van der Waals surface area contributed by atoms with E-state index in [9.17, 15) is 4.79 Å². The molecular formula is C14H14N4O2. The number of benzene rings is 1. The molecule has 6 heteroatoms. The van der Waals surface area contributed by atoms with Crippen molar-refractivity contribution in [1.82, 2.24) is 10.3 Å². The lowest BCUT2D eigenvalue weighted by Gasteiger charge is -2.21. The van der Waals surface area contributed by atoms with Gasteiger partial charge in [-0.2, -0.15) is 5.26 Å². The summed E-state index contributed by atoms with van der Waals surface area (Å²) >= 11 is 0. The number of carbonyl (C=O) groups excluding carboxylic acids is 1. The molecule has 0 aliphatic rings. The van der Waals surface area contributed by atoms with Gasteiger partial charge in [-0.1, -0.05) is 23.3 Å². The van der Waals surface area contributed by atoms with Gasteiger partial charge in [0.1, 0.15) is 11.4 Å². The largest absolute Gasteiger partial charge is 0.306 e. The Morgan fingerprint density at radius 1 is 1.45 bits per heavy atom. The van der Waals surface area contributed by atoms with E-state index < -0.39 is 0 Å². The Balaban J connectivity index is 2.35. The normalized spacial score (nSPS) is 10.1. The molecule has 2 aromatic rings. The van der Waals surface area contributed by atoms with Crippen molar-refractivity contribution >= 4 is 11.6 Å². The second kappa shape index (κ2) is 5.97. The minimum atomic E-state index is -0.0533. The van der Waals surface area contributed by atoms with Crippen LogP contribution in [-0.2, 0) is 11.3 Å². The summed E-state index contributed by atoms with van der Waals surface area (Å²) in [7, 11) is 0. The fourth-order valence-corrected chi connectivity index (χ4v) is 1.80. The molecule has 2 rings (SSSR count). The van der Waals surface area contributed by atoms with Crippen LogP contribution in [0.25, 0.3) is 0 Å². The summed E-state index contributed by atoms with van der Waals surface area (Å²) in [6.45, 7) is 3.83. The number of carbonyl (C=O) groups is 1. The van der Waals surface area contributed by atoms with Crippen molar-refractivity contribution in [2.75, 3.05) is 4.90 Å². The molecule has 102 valence electrons. The van der Waals surface area contributed by atoms with E-state index in [-0.39, 0.29) is 12.5 Å². The highest BCUT2D eigenvalue weighted by molar-refractivity contribution is 5.93. The van der Waals surface area contributed by atoms with Gasteiger partial charge in [-0.25, -0.2) is 4.63 Å². The maximum absolute atomic E-state index is 12.1. The van der Waals surface area contributed by atoms with Crippen LogP contribution >= 0.6 is 0 Å². The number of nitriles is 1. The SMILES string of the molecule is CCC(=O)N(Cc1nonc1C)c1cccc(C#N)c1. The molecule has 1 aromatic heterocycles. The van der Waals surface area contributed by atoms with Crippen molar-refractivity contribution in [1.29, 1.82) is 5.26 Å². The zero-order valence-corrected chi connectivity index (χ0v) is 11.3. The Kier molecular flexibility index (Phi) is 4.11. The monoisotopic (exact) mass is 270 g/mol. The van der Waals surface area contributed by atoms with Gasteiger partial charge in [0.2, 0.25) is 5.91 Å². The highest BCUT2D eigenvalue weighted by atomic mass is 16.6. The minimum absolute atomic E-state index is 0.0533. The Hall–Kier alpha value is -2.68. The number of aromatic nitrogens is 2. The van der Waals surface area contributed by atoms with Crippen molar-refractivity contribution in [3.05, 3.63) is 41.2 Å². The molecular weight excluding hydrogens is 256 g/mol. The van der Waals surface area contributed by atoms with Gasteiger partial charge in [0.15, 0.2) is 0 Å². The first-order valence-corrected chi connectivity index (χ1v) is 6.24. The molecule has 0 bridgehead atoms. The zero-order valence-electron chi connectivity index (χ0n) is 11.3. The summed E-state index contributed by atoms with van der Waals surface area (Å²) in [5, 5.41) is 16.5. The third-order valence-corrected chi connectivity index (χ3v) is 2.94. The topological polar surface area (TPSA) is 83.0 Å². The van der Waals surface area contributed by atoms with Crippen LogP contribution < -0.4 is 4.90 Å². The average Bonchev–Trinajstić information content (AvgIpc) is 2.89. The van der Waals surface area contributed by atoms with Gasteiger partial charge in [-0.05, 0) is 25.1 Å². The van der Waals surface area contributed by atoms with Gasteiger partial charge in [-0.3, -0.25) is 4.79 Å². The number of aryl methyl sites for hydroxylation is 1. The fraction of sp³-hybridized carbons (Fsp3) is 0.286. The van der Waals surface area contributed by atoms with Crippen LogP contribution in [-0.4, -0.2) is 16.2 Å². The van der Waals surface area contributed by atoms with Crippen LogP contribution in [0.1, 0.15) is 30.3 Å². The summed E-state index contributed by atoms with van der Waals surface area (Å²) in [5.41, 5.74) is 2.43. The highest BCUT2D eigenvalue weighted by Gasteiger charge is 2.18. The number of nitrogens with zero attached hydrogens (tertiary/aromatic N) is 4. The number of hydrogen-bond acceptors (Lipinski definition) is 5. The van der Waals surface area contributed by atoms with E-state index in [1.165, 1.54) is 0 Å². The highest BCUT2D eigenvalue weighted by Crippen LogP contribution is 2.20. The molecule has 0 saturated heterocycles. The molecule has 1 heterocycles. The van der Waals surface area contributed by atoms with Gasteiger partial charge in [0, 0.05) is 12.1 Å². The first-order valence-electron chi connectivity index (χ1n) is 6.24. The van der Waals surface area contributed by atoms with E-state index in [0.29, 0.717) is 29.1 Å². The van der Waals surface area contributed by atoms with Crippen LogP contribution in [0.5, 0.6) is 0 Å². The molecule has 0 spiro atoms. The third-order valence-electron chi connectivity index (χ3n) is 2.94. The van der Waals surface area contributed by atoms with Gasteiger partial charge in [0.05, 0.1) is 18.2 Å². The Labute approximate surface area is 116 Å². The summed E-state index contributed by atoms with van der Waals surface area (Å²) in [6.07, 6.45) is 0.362. The number of anilines is 1. The minimum Gasteiger partial charge on any atom is -0.306 e. The second-order valence-corrected chi connectivity index (χ2v) is 4.29. The lowest BCUT2D eigenvalue weighted by atomic mass is 10.2. The molecule has 1 amide bonds. The van der Waals surface area contributed by atoms with Crippen LogP contribution in [0.15, 0.2) is 28.9 Å². The van der Waals surface area contributed by atoms with Crippen LogP contribution in [0, 0.1) is 18.3 Å². The smallest absolute Gasteiger partial charge is 0.227 e. The third kappa shape index (κ3) is 2.83. The summed E-state index contributed by atoms with van der Waals surface area (Å²) < 4.78 is 4.65. The lowest BCUT2D eigenvalue weighted by Crippen LogP contribution is -2.30. The van der Waals surface area contributed by atoms with E-state index >= 15 is 0 Å². The van der Waals surface area contributed by atoms with Gasteiger partial charge in [0.25, 0.3) is 0 Å². The standard InChI is InChI=1S/C14H14N4O2/c1-3-14(19)18(9-13-10(2)16-20-17-13)12-6-4-5-11(7-12)8-15/h4-7H,3,9H2,1-2H3. The molecule has 6 nitrogen and oxygen atoms in total. The van der Waals surface area contributed by atoms with Crippen LogP contribution in [0.4, 0.5) is 5.69 Å². The predicted octanol–water partition coefficient (Wildman–Crippen LogP) is 2.19. The summed E-state index contributed by atoms with van der Waals surface area (Å²) in [5.74, 6) is -0.0533. The molecule has 0 unspecified atom stereocenters. The number of hydrogen-bond donors (Lipinski definition) is 0. The molecule has 0 saturated carbocycles. The molecule has 0 N–H and O–H groups in total. The first-order chi connectivity index (χ1) is 9.65. The molecule has 0 aliphatic carbocycles. The van der Waals surface area contributed by atoms with E-state index in [1.54, 1.807) is 43.0 Å². The van der Waals surface area contributed by atoms with Crippen molar-refractivity contribution in [2.24, 2.45) is 0 Å². The Morgan fingerprint density at radius 3 is 2.85 bits per heavy atom. The van der Waals surface area contributed by atoms with Crippen LogP contribution in [0.2, 0.25) is 0 Å². The van der Waals surface area contributed by atoms with Crippen molar-refractivity contribution < 1.29 is 9.42 Å². The quantitative estimate of drug-likeness (QED) is 0.850.